The molecular weight excluding hydrogens is 254 g/mol. The molecule has 0 aliphatic carbocycles. The summed E-state index contributed by atoms with van der Waals surface area (Å²) in [6.07, 6.45) is 1.05. The summed E-state index contributed by atoms with van der Waals surface area (Å²) in [5.74, 6) is 0. The first-order valence-electron chi connectivity index (χ1n) is 5.22. The molecule has 0 spiro atoms. The predicted octanol–water partition coefficient (Wildman–Crippen LogP) is 3.14. The van der Waals surface area contributed by atoms with Crippen LogP contribution < -0.4 is 5.32 Å². The predicted molar refractivity (Wildman–Crippen MR) is 67.1 cm³/mol. The molecule has 0 saturated carbocycles. The number of ether oxygens (including phenoxy) is 1. The Morgan fingerprint density at radius 1 is 1.40 bits per heavy atom. The molecule has 1 rings (SSSR count). The first-order chi connectivity index (χ1) is 7.25. The number of hydrogen-bond donors (Lipinski definition) is 1. The van der Waals surface area contributed by atoms with Crippen molar-refractivity contribution >= 4 is 15.9 Å². The Kier molecular flexibility index (Phi) is 5.91. The van der Waals surface area contributed by atoms with Crippen LogP contribution >= 0.6 is 15.9 Å². The van der Waals surface area contributed by atoms with E-state index >= 15 is 0 Å². The van der Waals surface area contributed by atoms with Crippen LogP contribution in [0, 0.1) is 0 Å². The van der Waals surface area contributed by atoms with Gasteiger partial charge in [-0.1, -0.05) is 34.1 Å². The summed E-state index contributed by atoms with van der Waals surface area (Å²) in [5, 5.41) is 3.46. The fraction of sp³-hybridized carbons (Fsp3) is 0.500. The molecular formula is C12H18BrNO. The average molecular weight is 272 g/mol. The fourth-order valence-electron chi connectivity index (χ4n) is 1.47. The molecule has 84 valence electrons. The van der Waals surface area contributed by atoms with Gasteiger partial charge in [-0.25, -0.2) is 0 Å². The number of hydrogen-bond acceptors (Lipinski definition) is 2. The van der Waals surface area contributed by atoms with Gasteiger partial charge in [-0.3, -0.25) is 0 Å². The van der Waals surface area contributed by atoms with E-state index in [1.807, 2.05) is 6.07 Å². The molecule has 0 saturated heterocycles. The van der Waals surface area contributed by atoms with Crippen LogP contribution in [0.15, 0.2) is 28.7 Å². The minimum absolute atomic E-state index is 0.373. The van der Waals surface area contributed by atoms with Gasteiger partial charge >= 0.3 is 0 Å². The lowest BCUT2D eigenvalue weighted by molar-refractivity contribution is 0.193. The quantitative estimate of drug-likeness (QED) is 0.803. The SMILES string of the molecule is COCCCN[C@H](C)c1ccccc1Br. The number of methoxy groups -OCH3 is 1. The summed E-state index contributed by atoms with van der Waals surface area (Å²) in [6.45, 7) is 3.97. The number of rotatable bonds is 6. The molecule has 0 aliphatic rings. The molecule has 0 aliphatic heterocycles. The van der Waals surface area contributed by atoms with Crippen molar-refractivity contribution in [2.24, 2.45) is 0 Å². The maximum Gasteiger partial charge on any atom is 0.0474 e. The van der Waals surface area contributed by atoms with Crippen molar-refractivity contribution in [2.75, 3.05) is 20.3 Å². The zero-order valence-corrected chi connectivity index (χ0v) is 10.9. The summed E-state index contributed by atoms with van der Waals surface area (Å²) < 4.78 is 6.17. The first kappa shape index (κ1) is 12.7. The molecule has 0 radical (unpaired) electrons. The van der Waals surface area contributed by atoms with Crippen molar-refractivity contribution in [1.29, 1.82) is 0 Å². The highest BCUT2D eigenvalue weighted by Crippen LogP contribution is 2.22. The molecule has 0 unspecified atom stereocenters. The van der Waals surface area contributed by atoms with Crippen LogP contribution in [0.25, 0.3) is 0 Å². The maximum absolute atomic E-state index is 5.00. The second kappa shape index (κ2) is 6.99. The van der Waals surface area contributed by atoms with Crippen molar-refractivity contribution in [3.8, 4) is 0 Å². The van der Waals surface area contributed by atoms with Crippen molar-refractivity contribution in [1.82, 2.24) is 5.32 Å². The summed E-state index contributed by atoms with van der Waals surface area (Å²) in [5.41, 5.74) is 1.30. The van der Waals surface area contributed by atoms with E-state index in [0.29, 0.717) is 6.04 Å². The minimum atomic E-state index is 0.373. The lowest BCUT2D eigenvalue weighted by Crippen LogP contribution is -2.21. The van der Waals surface area contributed by atoms with Crippen LogP contribution in [0.4, 0.5) is 0 Å². The Morgan fingerprint density at radius 3 is 2.80 bits per heavy atom. The highest BCUT2D eigenvalue weighted by molar-refractivity contribution is 9.10. The van der Waals surface area contributed by atoms with Gasteiger partial charge in [0.1, 0.15) is 0 Å². The van der Waals surface area contributed by atoms with Crippen LogP contribution in [0.1, 0.15) is 24.9 Å². The summed E-state index contributed by atoms with van der Waals surface area (Å²) in [7, 11) is 1.73. The van der Waals surface area contributed by atoms with E-state index in [2.05, 4.69) is 46.4 Å². The standard InChI is InChI=1S/C12H18BrNO/c1-10(14-8-5-9-15-2)11-6-3-4-7-12(11)13/h3-4,6-7,10,14H,5,8-9H2,1-2H3/t10-/m1/s1. The van der Waals surface area contributed by atoms with Crippen LogP contribution in [0.2, 0.25) is 0 Å². The smallest absolute Gasteiger partial charge is 0.0474 e. The highest BCUT2D eigenvalue weighted by atomic mass is 79.9. The second-order valence-corrected chi connectivity index (χ2v) is 4.40. The first-order valence-corrected chi connectivity index (χ1v) is 6.01. The molecule has 1 aromatic carbocycles. The average Bonchev–Trinajstić information content (AvgIpc) is 2.25. The van der Waals surface area contributed by atoms with E-state index in [0.717, 1.165) is 24.0 Å². The Hall–Kier alpha value is -0.380. The monoisotopic (exact) mass is 271 g/mol. The molecule has 1 N–H and O–H groups in total. The van der Waals surface area contributed by atoms with Gasteiger partial charge < -0.3 is 10.1 Å². The van der Waals surface area contributed by atoms with E-state index in [4.69, 9.17) is 4.74 Å². The van der Waals surface area contributed by atoms with Crippen LogP contribution in [0.3, 0.4) is 0 Å². The lowest BCUT2D eigenvalue weighted by Gasteiger charge is -2.15. The van der Waals surface area contributed by atoms with Crippen LogP contribution in [-0.4, -0.2) is 20.3 Å². The van der Waals surface area contributed by atoms with Gasteiger partial charge in [0.25, 0.3) is 0 Å². The third-order valence-corrected chi connectivity index (χ3v) is 3.07. The van der Waals surface area contributed by atoms with Crippen molar-refractivity contribution in [3.05, 3.63) is 34.3 Å². The van der Waals surface area contributed by atoms with E-state index < -0.39 is 0 Å². The third kappa shape index (κ3) is 4.33. The number of halogens is 1. The van der Waals surface area contributed by atoms with Gasteiger partial charge in [0.15, 0.2) is 0 Å². The van der Waals surface area contributed by atoms with E-state index in [1.165, 1.54) is 5.56 Å². The lowest BCUT2D eigenvalue weighted by atomic mass is 10.1. The summed E-state index contributed by atoms with van der Waals surface area (Å²) in [4.78, 5) is 0. The Morgan fingerprint density at radius 2 is 2.13 bits per heavy atom. The largest absolute Gasteiger partial charge is 0.385 e. The minimum Gasteiger partial charge on any atom is -0.385 e. The fourth-order valence-corrected chi connectivity index (χ4v) is 2.10. The molecule has 0 heterocycles. The van der Waals surface area contributed by atoms with Crippen LogP contribution in [0.5, 0.6) is 0 Å². The topological polar surface area (TPSA) is 21.3 Å². The molecule has 15 heavy (non-hydrogen) atoms. The Bertz CT molecular complexity index is 291. The van der Waals surface area contributed by atoms with Gasteiger partial charge in [-0.2, -0.15) is 0 Å². The summed E-state index contributed by atoms with van der Waals surface area (Å²) in [6, 6.07) is 8.68. The highest BCUT2D eigenvalue weighted by Gasteiger charge is 2.06. The molecule has 2 nitrogen and oxygen atoms in total. The number of nitrogens with one attached hydrogen (secondary N) is 1. The maximum atomic E-state index is 5.00. The molecule has 0 fully saturated rings. The summed E-state index contributed by atoms with van der Waals surface area (Å²) >= 11 is 3.55. The Balaban J connectivity index is 2.40. The molecule has 1 aromatic rings. The van der Waals surface area contributed by atoms with E-state index in [1.54, 1.807) is 7.11 Å². The molecule has 0 amide bonds. The normalized spacial score (nSPS) is 12.7. The second-order valence-electron chi connectivity index (χ2n) is 3.54. The van der Waals surface area contributed by atoms with Gasteiger partial charge in [0, 0.05) is 24.2 Å². The van der Waals surface area contributed by atoms with Gasteiger partial charge in [0.05, 0.1) is 0 Å². The Labute approximate surface area is 100 Å². The molecule has 1 atom stereocenters. The molecule has 0 bridgehead atoms. The van der Waals surface area contributed by atoms with E-state index in [-0.39, 0.29) is 0 Å². The molecule has 3 heteroatoms. The van der Waals surface area contributed by atoms with Gasteiger partial charge in [0.2, 0.25) is 0 Å². The molecule has 0 aromatic heterocycles. The zero-order valence-electron chi connectivity index (χ0n) is 9.29. The van der Waals surface area contributed by atoms with Gasteiger partial charge in [-0.05, 0) is 31.5 Å². The number of benzene rings is 1. The van der Waals surface area contributed by atoms with E-state index in [9.17, 15) is 0 Å². The third-order valence-electron chi connectivity index (χ3n) is 2.35. The van der Waals surface area contributed by atoms with Crippen molar-refractivity contribution in [3.63, 3.8) is 0 Å². The zero-order chi connectivity index (χ0) is 11.1. The van der Waals surface area contributed by atoms with Gasteiger partial charge in [-0.15, -0.1) is 0 Å². The van der Waals surface area contributed by atoms with Crippen LogP contribution in [-0.2, 0) is 4.74 Å². The van der Waals surface area contributed by atoms with Crippen molar-refractivity contribution < 1.29 is 4.74 Å². The van der Waals surface area contributed by atoms with Crippen molar-refractivity contribution in [2.45, 2.75) is 19.4 Å².